The van der Waals surface area contributed by atoms with E-state index in [1.807, 2.05) is 36.4 Å². The van der Waals surface area contributed by atoms with E-state index in [-0.39, 0.29) is 6.42 Å². The van der Waals surface area contributed by atoms with E-state index >= 15 is 0 Å². The maximum absolute atomic E-state index is 12.1. The fourth-order valence-corrected chi connectivity index (χ4v) is 3.08. The number of benzene rings is 3. The molecule has 0 aromatic heterocycles. The van der Waals surface area contributed by atoms with Crippen LogP contribution in [0.2, 0.25) is 5.02 Å². The van der Waals surface area contributed by atoms with Crippen molar-refractivity contribution < 1.29 is 14.3 Å². The fourth-order valence-electron chi connectivity index (χ4n) is 2.95. The molecule has 6 nitrogen and oxygen atoms in total. The summed E-state index contributed by atoms with van der Waals surface area (Å²) in [6, 6.07) is 18.4. The molecule has 0 radical (unpaired) electrons. The zero-order valence-corrected chi connectivity index (χ0v) is 18.0. The highest BCUT2D eigenvalue weighted by Gasteiger charge is 2.10. The minimum absolute atomic E-state index is 0.352. The summed E-state index contributed by atoms with van der Waals surface area (Å²) in [7, 11) is 0. The molecule has 2 amide bonds. The molecule has 0 saturated heterocycles. The monoisotopic (exact) mass is 437 g/mol. The van der Waals surface area contributed by atoms with Crippen molar-refractivity contribution >= 4 is 46.1 Å². The van der Waals surface area contributed by atoms with Crippen molar-refractivity contribution in [2.75, 3.05) is 11.9 Å². The van der Waals surface area contributed by atoms with Crippen LogP contribution < -0.4 is 15.5 Å². The van der Waals surface area contributed by atoms with Crippen LogP contribution in [-0.2, 0) is 9.59 Å². The van der Waals surface area contributed by atoms with Crippen LogP contribution >= 0.6 is 11.6 Å². The molecule has 0 aliphatic heterocycles. The zero-order chi connectivity index (χ0) is 22.1. The number of ether oxygens (including phenoxy) is 1. The van der Waals surface area contributed by atoms with Crippen molar-refractivity contribution in [3.05, 3.63) is 71.2 Å². The maximum atomic E-state index is 12.1. The summed E-state index contributed by atoms with van der Waals surface area (Å²) in [5.41, 5.74) is 3.75. The highest BCUT2D eigenvalue weighted by Crippen LogP contribution is 2.27. The van der Waals surface area contributed by atoms with E-state index in [9.17, 15) is 9.59 Å². The van der Waals surface area contributed by atoms with Gasteiger partial charge < -0.3 is 10.1 Å². The number of amides is 2. The Morgan fingerprint density at radius 1 is 1.03 bits per heavy atom. The number of carbonyl (C=O) groups is 2. The van der Waals surface area contributed by atoms with Gasteiger partial charge in [-0.25, -0.2) is 5.43 Å². The van der Waals surface area contributed by atoms with E-state index in [1.165, 1.54) is 0 Å². The van der Waals surface area contributed by atoms with Gasteiger partial charge in [-0.05, 0) is 47.5 Å². The quantitative estimate of drug-likeness (QED) is 0.210. The standard InChI is InChI=1S/C24H24ClN3O3/c1-2-3-14-31-22-13-8-17-6-4-5-7-20(17)21(22)16-26-28-24(30)15-23(29)27-19-11-9-18(25)10-12-19/h4-13,16H,2-3,14-15H2,1H3,(H,27,29)(H,28,30). The second kappa shape index (κ2) is 11.1. The Hall–Kier alpha value is -3.38. The van der Waals surface area contributed by atoms with Crippen molar-refractivity contribution in [2.24, 2.45) is 5.10 Å². The van der Waals surface area contributed by atoms with E-state index < -0.39 is 11.8 Å². The highest BCUT2D eigenvalue weighted by atomic mass is 35.5. The molecule has 0 bridgehead atoms. The molecular weight excluding hydrogens is 414 g/mol. The highest BCUT2D eigenvalue weighted by molar-refractivity contribution is 6.30. The molecule has 0 fully saturated rings. The van der Waals surface area contributed by atoms with Gasteiger partial charge in [-0.3, -0.25) is 9.59 Å². The van der Waals surface area contributed by atoms with Crippen molar-refractivity contribution in [1.29, 1.82) is 0 Å². The normalized spacial score (nSPS) is 10.9. The predicted octanol–water partition coefficient (Wildman–Crippen LogP) is 5.15. The van der Waals surface area contributed by atoms with Gasteiger partial charge in [-0.2, -0.15) is 5.10 Å². The van der Waals surface area contributed by atoms with E-state index in [4.69, 9.17) is 16.3 Å². The number of hydrazone groups is 1. The van der Waals surface area contributed by atoms with Gasteiger partial charge in [-0.15, -0.1) is 0 Å². The van der Waals surface area contributed by atoms with Crippen LogP contribution in [0.15, 0.2) is 65.8 Å². The number of anilines is 1. The van der Waals surface area contributed by atoms with Gasteiger partial charge in [0.2, 0.25) is 11.8 Å². The Balaban J connectivity index is 1.64. The van der Waals surface area contributed by atoms with Gasteiger partial charge in [0.25, 0.3) is 0 Å². The largest absolute Gasteiger partial charge is 0.493 e. The van der Waals surface area contributed by atoms with Crippen LogP contribution in [0.25, 0.3) is 10.8 Å². The molecule has 2 N–H and O–H groups in total. The Morgan fingerprint density at radius 3 is 2.58 bits per heavy atom. The average molecular weight is 438 g/mol. The third kappa shape index (κ3) is 6.55. The molecule has 31 heavy (non-hydrogen) atoms. The van der Waals surface area contributed by atoms with E-state index in [0.29, 0.717) is 23.1 Å². The lowest BCUT2D eigenvalue weighted by molar-refractivity contribution is -0.126. The Kier molecular flexibility index (Phi) is 8.01. The molecule has 0 heterocycles. The van der Waals surface area contributed by atoms with Crippen molar-refractivity contribution in [3.63, 3.8) is 0 Å². The lowest BCUT2D eigenvalue weighted by atomic mass is 10.0. The van der Waals surface area contributed by atoms with Gasteiger partial charge >= 0.3 is 0 Å². The van der Waals surface area contributed by atoms with E-state index in [2.05, 4.69) is 22.8 Å². The van der Waals surface area contributed by atoms with Crippen LogP contribution in [0.5, 0.6) is 5.75 Å². The lowest BCUT2D eigenvalue weighted by Gasteiger charge is -2.11. The number of carbonyl (C=O) groups excluding carboxylic acids is 2. The Bertz CT molecular complexity index is 1080. The smallest absolute Gasteiger partial charge is 0.249 e. The molecule has 0 unspecified atom stereocenters. The summed E-state index contributed by atoms with van der Waals surface area (Å²) in [6.45, 7) is 2.71. The number of fused-ring (bicyclic) bond motifs is 1. The van der Waals surface area contributed by atoms with Crippen LogP contribution in [0.4, 0.5) is 5.69 Å². The third-order valence-corrected chi connectivity index (χ3v) is 4.77. The fraction of sp³-hybridized carbons (Fsp3) is 0.208. The summed E-state index contributed by atoms with van der Waals surface area (Å²) in [5, 5.41) is 9.27. The summed E-state index contributed by atoms with van der Waals surface area (Å²) in [6.07, 6.45) is 3.18. The SMILES string of the molecule is CCCCOc1ccc2ccccc2c1C=NNC(=O)CC(=O)Nc1ccc(Cl)cc1. The first-order valence-corrected chi connectivity index (χ1v) is 10.5. The van der Waals surface area contributed by atoms with Gasteiger partial charge in [0.15, 0.2) is 0 Å². The van der Waals surface area contributed by atoms with E-state index in [1.54, 1.807) is 30.5 Å². The molecule has 0 spiro atoms. The first-order valence-electron chi connectivity index (χ1n) is 10.1. The molecule has 0 aliphatic carbocycles. The van der Waals surface area contributed by atoms with Crippen molar-refractivity contribution in [1.82, 2.24) is 5.43 Å². The van der Waals surface area contributed by atoms with Crippen molar-refractivity contribution in [2.45, 2.75) is 26.2 Å². The molecular formula is C24H24ClN3O3. The third-order valence-electron chi connectivity index (χ3n) is 4.52. The molecule has 3 aromatic carbocycles. The summed E-state index contributed by atoms with van der Waals surface area (Å²) in [5.74, 6) is -0.259. The van der Waals surface area contributed by atoms with Crippen molar-refractivity contribution in [3.8, 4) is 5.75 Å². The van der Waals surface area contributed by atoms with Crippen LogP contribution in [0.1, 0.15) is 31.7 Å². The number of hydrogen-bond acceptors (Lipinski definition) is 4. The molecule has 0 aliphatic rings. The maximum Gasteiger partial charge on any atom is 0.249 e. The number of unbranched alkanes of at least 4 members (excludes halogenated alkanes) is 1. The number of halogens is 1. The Labute approximate surface area is 186 Å². The Morgan fingerprint density at radius 2 is 1.81 bits per heavy atom. The summed E-state index contributed by atoms with van der Waals surface area (Å²) in [4.78, 5) is 24.1. The predicted molar refractivity (Wildman–Crippen MR) is 125 cm³/mol. The number of rotatable bonds is 9. The molecule has 0 atom stereocenters. The summed E-state index contributed by atoms with van der Waals surface area (Å²) < 4.78 is 5.91. The van der Waals surface area contributed by atoms with Crippen LogP contribution in [0.3, 0.4) is 0 Å². The number of hydrogen-bond donors (Lipinski definition) is 2. The summed E-state index contributed by atoms with van der Waals surface area (Å²) >= 11 is 5.82. The van der Waals surface area contributed by atoms with Gasteiger partial charge in [0, 0.05) is 16.3 Å². The minimum Gasteiger partial charge on any atom is -0.493 e. The van der Waals surface area contributed by atoms with E-state index in [0.717, 1.165) is 29.2 Å². The minimum atomic E-state index is -0.517. The topological polar surface area (TPSA) is 79.8 Å². The van der Waals surface area contributed by atoms with Gasteiger partial charge in [0.05, 0.1) is 12.8 Å². The average Bonchev–Trinajstić information content (AvgIpc) is 2.76. The van der Waals surface area contributed by atoms with Gasteiger partial charge in [0.1, 0.15) is 12.2 Å². The van der Waals surface area contributed by atoms with Crippen LogP contribution in [0, 0.1) is 0 Å². The molecule has 7 heteroatoms. The van der Waals surface area contributed by atoms with Crippen LogP contribution in [-0.4, -0.2) is 24.6 Å². The second-order valence-electron chi connectivity index (χ2n) is 6.93. The second-order valence-corrected chi connectivity index (χ2v) is 7.36. The lowest BCUT2D eigenvalue weighted by Crippen LogP contribution is -2.24. The number of nitrogens with zero attached hydrogens (tertiary/aromatic N) is 1. The van der Waals surface area contributed by atoms with Gasteiger partial charge in [-0.1, -0.05) is 55.3 Å². The molecule has 3 rings (SSSR count). The molecule has 160 valence electrons. The first kappa shape index (κ1) is 22.3. The first-order chi connectivity index (χ1) is 15.1. The molecule has 3 aromatic rings. The molecule has 0 saturated carbocycles. The number of nitrogens with one attached hydrogen (secondary N) is 2. The zero-order valence-electron chi connectivity index (χ0n) is 17.2.